The van der Waals surface area contributed by atoms with Gasteiger partial charge in [-0.3, -0.25) is 0 Å². The monoisotopic (exact) mass is 492 g/mol. The number of rotatable bonds is 9. The molecular formula is C12H9F17O. The predicted octanol–water partition coefficient (Wildman–Crippen LogP) is 6.16. The molecule has 0 aromatic carbocycles. The van der Waals surface area contributed by atoms with Gasteiger partial charge in [-0.25, -0.2) is 0 Å². The van der Waals surface area contributed by atoms with Crippen molar-refractivity contribution < 1.29 is 79.7 Å². The zero-order valence-corrected chi connectivity index (χ0v) is 13.9. The molecule has 1 atom stereocenters. The van der Waals surface area contributed by atoms with E-state index in [1.54, 1.807) is 0 Å². The third kappa shape index (κ3) is 3.55. The first-order valence-electron chi connectivity index (χ1n) is 7.12. The lowest BCUT2D eigenvalue weighted by Crippen LogP contribution is -2.75. The van der Waals surface area contributed by atoms with Crippen molar-refractivity contribution in [2.45, 2.75) is 73.5 Å². The average Bonchev–Trinajstić information content (AvgIpc) is 2.52. The van der Waals surface area contributed by atoms with Crippen LogP contribution in [0.1, 0.15) is 19.8 Å². The summed E-state index contributed by atoms with van der Waals surface area (Å²) < 4.78 is 220. The van der Waals surface area contributed by atoms with Gasteiger partial charge in [-0.05, 0) is 6.42 Å². The van der Waals surface area contributed by atoms with E-state index in [9.17, 15) is 74.6 Å². The van der Waals surface area contributed by atoms with Crippen molar-refractivity contribution in [1.29, 1.82) is 0 Å². The fourth-order valence-electron chi connectivity index (χ4n) is 1.84. The van der Waals surface area contributed by atoms with E-state index in [0.29, 0.717) is 0 Å². The summed E-state index contributed by atoms with van der Waals surface area (Å²) in [5, 5.41) is 8.73. The van der Waals surface area contributed by atoms with Crippen LogP contribution >= 0.6 is 0 Å². The second-order valence-electron chi connectivity index (χ2n) is 5.87. The van der Waals surface area contributed by atoms with E-state index in [-0.39, 0.29) is 0 Å². The second-order valence-corrected chi connectivity index (χ2v) is 5.87. The standard InChI is InChI=1S/C12H9F17O/c1-2-3-4(30)5(13,14)6(15,16)7(17,18)8(19,20)9(21,22)10(23,24)11(25,26)12(27,28)29/h4,30H,2-3H2,1H3. The van der Waals surface area contributed by atoms with Gasteiger partial charge in [0.05, 0.1) is 0 Å². The van der Waals surface area contributed by atoms with Crippen molar-refractivity contribution in [2.75, 3.05) is 0 Å². The molecule has 0 aliphatic heterocycles. The van der Waals surface area contributed by atoms with Crippen LogP contribution < -0.4 is 0 Å². The zero-order chi connectivity index (χ0) is 25.0. The molecule has 0 bridgehead atoms. The first-order chi connectivity index (χ1) is 12.7. The van der Waals surface area contributed by atoms with Gasteiger partial charge in [0.15, 0.2) is 0 Å². The smallest absolute Gasteiger partial charge is 0.387 e. The van der Waals surface area contributed by atoms with E-state index in [0.717, 1.165) is 6.92 Å². The quantitative estimate of drug-likeness (QED) is 0.383. The van der Waals surface area contributed by atoms with Crippen molar-refractivity contribution in [3.8, 4) is 0 Å². The van der Waals surface area contributed by atoms with Crippen LogP contribution in [0.2, 0.25) is 0 Å². The van der Waals surface area contributed by atoms with Crippen LogP contribution in [0.15, 0.2) is 0 Å². The van der Waals surface area contributed by atoms with Crippen molar-refractivity contribution in [1.82, 2.24) is 0 Å². The summed E-state index contributed by atoms with van der Waals surface area (Å²) in [6, 6.07) is 0. The maximum absolute atomic E-state index is 13.4. The Morgan fingerprint density at radius 2 is 0.767 bits per heavy atom. The molecule has 0 rings (SSSR count). The molecule has 0 spiro atoms. The Morgan fingerprint density at radius 1 is 0.500 bits per heavy atom. The molecule has 0 radical (unpaired) electrons. The van der Waals surface area contributed by atoms with Crippen molar-refractivity contribution in [3.63, 3.8) is 0 Å². The average molecular weight is 492 g/mol. The van der Waals surface area contributed by atoms with Gasteiger partial charge in [0.25, 0.3) is 0 Å². The minimum atomic E-state index is -8.66. The molecule has 30 heavy (non-hydrogen) atoms. The Bertz CT molecular complexity index is 604. The third-order valence-corrected chi connectivity index (χ3v) is 3.73. The molecule has 0 amide bonds. The Labute approximate surface area is 154 Å². The molecule has 0 saturated carbocycles. The Hall–Kier alpha value is -1.23. The number of aliphatic hydroxyl groups excluding tert-OH is 1. The number of hydrogen-bond donors (Lipinski definition) is 1. The fraction of sp³-hybridized carbons (Fsp3) is 1.00. The van der Waals surface area contributed by atoms with Gasteiger partial charge in [-0.15, -0.1) is 0 Å². The van der Waals surface area contributed by atoms with E-state index in [4.69, 9.17) is 5.11 Å². The minimum Gasteiger partial charge on any atom is -0.387 e. The van der Waals surface area contributed by atoms with Crippen molar-refractivity contribution in [3.05, 3.63) is 0 Å². The van der Waals surface area contributed by atoms with Crippen molar-refractivity contribution >= 4 is 0 Å². The Kier molecular flexibility index (Phi) is 7.12. The first kappa shape index (κ1) is 28.8. The molecule has 1 N–H and O–H groups in total. The lowest BCUT2D eigenvalue weighted by molar-refractivity contribution is -0.464. The highest BCUT2D eigenvalue weighted by Crippen LogP contribution is 2.64. The topological polar surface area (TPSA) is 20.2 Å². The maximum atomic E-state index is 13.4. The number of halogens is 17. The van der Waals surface area contributed by atoms with E-state index in [2.05, 4.69) is 0 Å². The third-order valence-electron chi connectivity index (χ3n) is 3.73. The lowest BCUT2D eigenvalue weighted by Gasteiger charge is -2.43. The second kappa shape index (κ2) is 7.43. The Morgan fingerprint density at radius 3 is 1.03 bits per heavy atom. The molecule has 0 aromatic rings. The minimum absolute atomic E-state index is 0.721. The highest BCUT2D eigenvalue weighted by molar-refractivity contribution is 5.15. The highest BCUT2D eigenvalue weighted by Gasteiger charge is 2.95. The number of alkyl halides is 17. The molecule has 0 saturated heterocycles. The van der Waals surface area contributed by atoms with E-state index in [1.807, 2.05) is 0 Å². The highest BCUT2D eigenvalue weighted by atomic mass is 19.4. The molecule has 0 aliphatic rings. The number of aliphatic hydroxyl groups is 1. The van der Waals surface area contributed by atoms with Crippen LogP contribution in [0.25, 0.3) is 0 Å². The number of hydrogen-bond acceptors (Lipinski definition) is 1. The summed E-state index contributed by atoms with van der Waals surface area (Å²) >= 11 is 0. The largest absolute Gasteiger partial charge is 0.460 e. The van der Waals surface area contributed by atoms with Gasteiger partial charge in [0.2, 0.25) is 0 Å². The molecule has 182 valence electrons. The van der Waals surface area contributed by atoms with Crippen LogP contribution in [0.5, 0.6) is 0 Å². The molecule has 18 heteroatoms. The molecule has 0 aromatic heterocycles. The van der Waals surface area contributed by atoms with Crippen LogP contribution in [-0.4, -0.2) is 58.8 Å². The summed E-state index contributed by atoms with van der Waals surface area (Å²) in [5.74, 6) is -56.9. The van der Waals surface area contributed by atoms with E-state index < -0.39 is 66.6 Å². The molecule has 0 fully saturated rings. The predicted molar refractivity (Wildman–Crippen MR) is 61.6 cm³/mol. The zero-order valence-electron chi connectivity index (χ0n) is 13.9. The van der Waals surface area contributed by atoms with Crippen LogP contribution in [0.3, 0.4) is 0 Å². The molecule has 1 nitrogen and oxygen atoms in total. The van der Waals surface area contributed by atoms with Gasteiger partial charge in [0, 0.05) is 0 Å². The lowest BCUT2D eigenvalue weighted by atomic mass is 9.87. The van der Waals surface area contributed by atoms with Gasteiger partial charge in [0.1, 0.15) is 6.10 Å². The molecule has 0 heterocycles. The molecule has 1 unspecified atom stereocenters. The van der Waals surface area contributed by atoms with Gasteiger partial charge in [-0.1, -0.05) is 13.3 Å². The van der Waals surface area contributed by atoms with Crippen LogP contribution in [-0.2, 0) is 0 Å². The summed E-state index contributed by atoms with van der Waals surface area (Å²) in [6.07, 6.45) is -14.0. The van der Waals surface area contributed by atoms with Gasteiger partial charge >= 0.3 is 47.6 Å². The summed E-state index contributed by atoms with van der Waals surface area (Å²) in [7, 11) is 0. The van der Waals surface area contributed by atoms with E-state index in [1.165, 1.54) is 0 Å². The SMILES string of the molecule is CCCC(O)C(F)(F)C(F)(F)C(F)(F)C(F)(F)C(F)(F)C(F)(F)C(F)(F)C(F)(F)F. The summed E-state index contributed by atoms with van der Waals surface area (Å²) in [4.78, 5) is 0. The van der Waals surface area contributed by atoms with Gasteiger partial charge < -0.3 is 5.11 Å². The molecular weight excluding hydrogens is 483 g/mol. The summed E-state index contributed by atoms with van der Waals surface area (Å²) in [5.41, 5.74) is 0. The Balaban J connectivity index is 6.70. The maximum Gasteiger partial charge on any atom is 0.460 e. The normalized spacial score (nSPS) is 17.3. The fourth-order valence-corrected chi connectivity index (χ4v) is 1.84. The van der Waals surface area contributed by atoms with Crippen LogP contribution in [0.4, 0.5) is 74.6 Å². The van der Waals surface area contributed by atoms with Crippen molar-refractivity contribution in [2.24, 2.45) is 0 Å². The molecule has 0 aliphatic carbocycles. The first-order valence-corrected chi connectivity index (χ1v) is 7.12. The van der Waals surface area contributed by atoms with E-state index >= 15 is 0 Å². The summed E-state index contributed by atoms with van der Waals surface area (Å²) in [6.45, 7) is 0.845. The van der Waals surface area contributed by atoms with Gasteiger partial charge in [-0.2, -0.15) is 74.6 Å². The van der Waals surface area contributed by atoms with Crippen LogP contribution in [0, 0.1) is 0 Å².